The molecule has 0 aliphatic rings. The lowest BCUT2D eigenvalue weighted by molar-refractivity contribution is 0.637. The van der Waals surface area contributed by atoms with Crippen LogP contribution >= 0.6 is 27.3 Å². The largest absolute Gasteiger partial charge is 0.317 e. The van der Waals surface area contributed by atoms with Crippen LogP contribution in [0.2, 0.25) is 0 Å². The third-order valence-electron chi connectivity index (χ3n) is 2.73. The second-order valence-electron chi connectivity index (χ2n) is 4.36. The number of hydrogen-bond donors (Lipinski definition) is 1. The average molecular weight is 340 g/mol. The number of aromatic nitrogens is 2. The molecule has 0 aliphatic carbocycles. The number of aryl methyl sites for hydroxylation is 1. The van der Waals surface area contributed by atoms with E-state index in [1.807, 2.05) is 12.1 Å². The second-order valence-corrected chi connectivity index (χ2v) is 6.34. The summed E-state index contributed by atoms with van der Waals surface area (Å²) in [6.07, 6.45) is 3.31. The maximum absolute atomic E-state index is 4.26. The van der Waals surface area contributed by atoms with E-state index in [9.17, 15) is 0 Å². The SMILES string of the molecule is CCCNCCCc1nnc(-c2ccc(Br)cc2)s1. The van der Waals surface area contributed by atoms with E-state index < -0.39 is 0 Å². The van der Waals surface area contributed by atoms with E-state index in [0.717, 1.165) is 46.0 Å². The van der Waals surface area contributed by atoms with Gasteiger partial charge in [-0.3, -0.25) is 0 Å². The van der Waals surface area contributed by atoms with Crippen molar-refractivity contribution in [1.29, 1.82) is 0 Å². The van der Waals surface area contributed by atoms with E-state index >= 15 is 0 Å². The fourth-order valence-corrected chi connectivity index (χ4v) is 2.88. The molecule has 0 aliphatic heterocycles. The quantitative estimate of drug-likeness (QED) is 0.777. The Morgan fingerprint density at radius 3 is 2.68 bits per heavy atom. The molecule has 0 spiro atoms. The topological polar surface area (TPSA) is 37.8 Å². The Bertz CT molecular complexity index is 496. The first-order valence-electron chi connectivity index (χ1n) is 6.58. The second kappa shape index (κ2) is 7.72. The summed E-state index contributed by atoms with van der Waals surface area (Å²) < 4.78 is 1.09. The van der Waals surface area contributed by atoms with Gasteiger partial charge in [0.15, 0.2) is 0 Å². The van der Waals surface area contributed by atoms with Gasteiger partial charge in [0.05, 0.1) is 0 Å². The number of hydrogen-bond acceptors (Lipinski definition) is 4. The fraction of sp³-hybridized carbons (Fsp3) is 0.429. The predicted octanol–water partition coefficient (Wildman–Crippen LogP) is 3.90. The molecule has 19 heavy (non-hydrogen) atoms. The first-order chi connectivity index (χ1) is 9.29. The van der Waals surface area contributed by atoms with Gasteiger partial charge in [-0.05, 0) is 38.1 Å². The summed E-state index contributed by atoms with van der Waals surface area (Å²) in [4.78, 5) is 0. The highest BCUT2D eigenvalue weighted by Crippen LogP contribution is 2.25. The normalized spacial score (nSPS) is 10.8. The van der Waals surface area contributed by atoms with Crippen molar-refractivity contribution in [2.75, 3.05) is 13.1 Å². The van der Waals surface area contributed by atoms with Crippen molar-refractivity contribution in [3.8, 4) is 10.6 Å². The van der Waals surface area contributed by atoms with Crippen molar-refractivity contribution in [1.82, 2.24) is 15.5 Å². The standard InChI is InChI=1S/C14H18BrN3S/c1-2-9-16-10-3-4-13-17-18-14(19-13)11-5-7-12(15)8-6-11/h5-8,16H,2-4,9-10H2,1H3. The predicted molar refractivity (Wildman–Crippen MR) is 84.5 cm³/mol. The molecule has 0 atom stereocenters. The summed E-state index contributed by atoms with van der Waals surface area (Å²) in [5, 5.41) is 14.1. The lowest BCUT2D eigenvalue weighted by atomic mass is 10.2. The summed E-state index contributed by atoms with van der Waals surface area (Å²) in [6, 6.07) is 8.20. The number of benzene rings is 1. The van der Waals surface area contributed by atoms with Gasteiger partial charge in [0.1, 0.15) is 10.0 Å². The monoisotopic (exact) mass is 339 g/mol. The van der Waals surface area contributed by atoms with Crippen LogP contribution in [-0.4, -0.2) is 23.3 Å². The summed E-state index contributed by atoms with van der Waals surface area (Å²) >= 11 is 5.13. The van der Waals surface area contributed by atoms with Gasteiger partial charge in [-0.15, -0.1) is 10.2 Å². The average Bonchev–Trinajstić information content (AvgIpc) is 2.88. The van der Waals surface area contributed by atoms with E-state index in [-0.39, 0.29) is 0 Å². The molecule has 1 aromatic carbocycles. The van der Waals surface area contributed by atoms with Gasteiger partial charge in [-0.25, -0.2) is 0 Å². The van der Waals surface area contributed by atoms with Crippen molar-refractivity contribution in [2.24, 2.45) is 0 Å². The molecule has 0 saturated carbocycles. The molecule has 2 aromatic rings. The van der Waals surface area contributed by atoms with Crippen molar-refractivity contribution in [2.45, 2.75) is 26.2 Å². The Morgan fingerprint density at radius 2 is 1.95 bits per heavy atom. The van der Waals surface area contributed by atoms with E-state index in [4.69, 9.17) is 0 Å². The highest BCUT2D eigenvalue weighted by molar-refractivity contribution is 9.10. The highest BCUT2D eigenvalue weighted by Gasteiger charge is 2.06. The van der Waals surface area contributed by atoms with Crippen molar-refractivity contribution in [3.05, 3.63) is 33.7 Å². The molecular formula is C14H18BrN3S. The van der Waals surface area contributed by atoms with Crippen LogP contribution in [0.15, 0.2) is 28.7 Å². The van der Waals surface area contributed by atoms with Gasteiger partial charge in [-0.2, -0.15) is 0 Å². The molecule has 0 bridgehead atoms. The number of rotatable bonds is 7. The van der Waals surface area contributed by atoms with Crippen LogP contribution in [-0.2, 0) is 6.42 Å². The van der Waals surface area contributed by atoms with Gasteiger partial charge in [0, 0.05) is 16.5 Å². The maximum atomic E-state index is 4.26. The molecule has 0 amide bonds. The fourth-order valence-electron chi connectivity index (χ4n) is 1.73. The van der Waals surface area contributed by atoms with Gasteiger partial charge in [0.2, 0.25) is 0 Å². The molecule has 0 saturated heterocycles. The summed E-state index contributed by atoms with van der Waals surface area (Å²) in [5.41, 5.74) is 1.14. The van der Waals surface area contributed by atoms with Crippen LogP contribution < -0.4 is 5.32 Å². The summed E-state index contributed by atoms with van der Waals surface area (Å²) in [6.45, 7) is 4.34. The smallest absolute Gasteiger partial charge is 0.147 e. The minimum Gasteiger partial charge on any atom is -0.317 e. The highest BCUT2D eigenvalue weighted by atomic mass is 79.9. The van der Waals surface area contributed by atoms with Gasteiger partial charge in [-0.1, -0.05) is 46.3 Å². The van der Waals surface area contributed by atoms with Crippen molar-refractivity contribution >= 4 is 27.3 Å². The molecule has 0 radical (unpaired) electrons. The van der Waals surface area contributed by atoms with Crippen LogP contribution in [0.1, 0.15) is 24.8 Å². The van der Waals surface area contributed by atoms with Gasteiger partial charge < -0.3 is 5.32 Å². The zero-order valence-electron chi connectivity index (χ0n) is 11.0. The first kappa shape index (κ1) is 14.6. The van der Waals surface area contributed by atoms with E-state index in [1.54, 1.807) is 11.3 Å². The lowest BCUT2D eigenvalue weighted by Crippen LogP contribution is -2.16. The molecule has 1 aromatic heterocycles. The molecular weight excluding hydrogens is 322 g/mol. The number of halogens is 1. The van der Waals surface area contributed by atoms with Crippen molar-refractivity contribution < 1.29 is 0 Å². The maximum Gasteiger partial charge on any atom is 0.147 e. The molecule has 1 heterocycles. The Labute approximate surface area is 126 Å². The Morgan fingerprint density at radius 1 is 1.16 bits per heavy atom. The molecule has 102 valence electrons. The molecule has 3 nitrogen and oxygen atoms in total. The zero-order chi connectivity index (χ0) is 13.5. The number of nitrogens with zero attached hydrogens (tertiary/aromatic N) is 2. The van der Waals surface area contributed by atoms with Crippen LogP contribution in [0, 0.1) is 0 Å². The number of nitrogens with one attached hydrogen (secondary N) is 1. The van der Waals surface area contributed by atoms with Gasteiger partial charge >= 0.3 is 0 Å². The van der Waals surface area contributed by atoms with Gasteiger partial charge in [0.25, 0.3) is 0 Å². The van der Waals surface area contributed by atoms with E-state index in [0.29, 0.717) is 0 Å². The lowest BCUT2D eigenvalue weighted by Gasteiger charge is -2.00. The minimum atomic E-state index is 1.00. The first-order valence-corrected chi connectivity index (χ1v) is 8.19. The molecule has 0 unspecified atom stereocenters. The summed E-state index contributed by atoms with van der Waals surface area (Å²) in [5.74, 6) is 0. The third-order valence-corrected chi connectivity index (χ3v) is 4.29. The Hall–Kier alpha value is -0.780. The van der Waals surface area contributed by atoms with Crippen LogP contribution in [0.4, 0.5) is 0 Å². The molecule has 2 rings (SSSR count). The van der Waals surface area contributed by atoms with E-state index in [2.05, 4.69) is 50.5 Å². The van der Waals surface area contributed by atoms with Crippen molar-refractivity contribution in [3.63, 3.8) is 0 Å². The van der Waals surface area contributed by atoms with Crippen LogP contribution in [0.5, 0.6) is 0 Å². The summed E-state index contributed by atoms with van der Waals surface area (Å²) in [7, 11) is 0. The molecule has 1 N–H and O–H groups in total. The van der Waals surface area contributed by atoms with E-state index in [1.165, 1.54) is 6.42 Å². The molecule has 5 heteroatoms. The Balaban J connectivity index is 1.86. The zero-order valence-corrected chi connectivity index (χ0v) is 13.4. The minimum absolute atomic E-state index is 1.00. The molecule has 0 fully saturated rings. The third kappa shape index (κ3) is 4.67. The van der Waals surface area contributed by atoms with Crippen LogP contribution in [0.25, 0.3) is 10.6 Å². The van der Waals surface area contributed by atoms with Crippen LogP contribution in [0.3, 0.4) is 0 Å². The Kier molecular flexibility index (Phi) is 5.94.